The Balaban J connectivity index is 1.75. The van der Waals surface area contributed by atoms with Crippen molar-refractivity contribution >= 4 is 23.6 Å². The van der Waals surface area contributed by atoms with E-state index < -0.39 is 24.5 Å². The number of benzene rings is 1. The first kappa shape index (κ1) is 19.8. The van der Waals surface area contributed by atoms with Gasteiger partial charge in [-0.25, -0.2) is 9.59 Å². The Hall–Kier alpha value is -2.57. The molecule has 7 nitrogen and oxygen atoms in total. The quantitative estimate of drug-likeness (QED) is 0.786. The van der Waals surface area contributed by atoms with Gasteiger partial charge in [-0.05, 0) is 43.0 Å². The molecule has 2 rings (SSSR count). The van der Waals surface area contributed by atoms with Crippen LogP contribution in [0.2, 0.25) is 0 Å². The molecule has 0 bridgehead atoms. The highest BCUT2D eigenvalue weighted by Crippen LogP contribution is 2.23. The highest BCUT2D eigenvalue weighted by Gasteiger charge is 2.23. The van der Waals surface area contributed by atoms with Crippen LogP contribution in [0.4, 0.5) is 10.5 Å². The molecule has 0 aliphatic heterocycles. The lowest BCUT2D eigenvalue weighted by atomic mass is 9.86. The molecule has 3 amide bonds. The average Bonchev–Trinajstić information content (AvgIpc) is 2.61. The first-order valence-corrected chi connectivity index (χ1v) is 8.91. The van der Waals surface area contributed by atoms with Crippen LogP contribution < -0.4 is 15.5 Å². The number of anilines is 1. The lowest BCUT2D eigenvalue weighted by Crippen LogP contribution is -2.48. The van der Waals surface area contributed by atoms with Gasteiger partial charge in [0.2, 0.25) is 0 Å². The van der Waals surface area contributed by atoms with Gasteiger partial charge < -0.3 is 15.0 Å². The monoisotopic (exact) mass is 361 g/mol. The van der Waals surface area contributed by atoms with Crippen LogP contribution in [0.5, 0.6) is 0 Å². The van der Waals surface area contributed by atoms with Crippen molar-refractivity contribution in [2.45, 2.75) is 38.6 Å². The summed E-state index contributed by atoms with van der Waals surface area (Å²) in [5, 5.41) is 5.03. The fraction of sp³-hybridized carbons (Fsp3) is 0.526. The fourth-order valence-electron chi connectivity index (χ4n) is 3.01. The number of esters is 1. The Kier molecular flexibility index (Phi) is 7.00. The standard InChI is InChI=1S/C19H27N3O4/c1-13-6-4-5-7-16(13)20-19(25)21-17(23)12-26-18(24)14-8-10-15(11-9-14)22(2)3/h8-11,13,16H,4-7,12H2,1-3H3,(H2,20,21,23,25)/t13-,16+/m0/s1. The van der Waals surface area contributed by atoms with Crippen molar-refractivity contribution in [1.29, 1.82) is 0 Å². The second kappa shape index (κ2) is 9.22. The number of nitrogens with one attached hydrogen (secondary N) is 2. The Morgan fingerprint density at radius 2 is 1.77 bits per heavy atom. The first-order chi connectivity index (χ1) is 12.4. The van der Waals surface area contributed by atoms with Crippen LogP contribution in [-0.2, 0) is 9.53 Å². The van der Waals surface area contributed by atoms with Gasteiger partial charge in [0, 0.05) is 25.8 Å². The van der Waals surface area contributed by atoms with Crippen LogP contribution in [0.25, 0.3) is 0 Å². The van der Waals surface area contributed by atoms with Gasteiger partial charge >= 0.3 is 12.0 Å². The summed E-state index contributed by atoms with van der Waals surface area (Å²) in [5.74, 6) is -0.858. The fourth-order valence-corrected chi connectivity index (χ4v) is 3.01. The smallest absolute Gasteiger partial charge is 0.338 e. The van der Waals surface area contributed by atoms with E-state index in [0.29, 0.717) is 11.5 Å². The minimum atomic E-state index is -0.649. The van der Waals surface area contributed by atoms with Gasteiger partial charge in [-0.15, -0.1) is 0 Å². The molecule has 0 saturated heterocycles. The van der Waals surface area contributed by atoms with Crippen LogP contribution in [-0.4, -0.2) is 44.7 Å². The predicted octanol–water partition coefficient (Wildman–Crippen LogP) is 2.31. The molecule has 1 aromatic carbocycles. The molecule has 1 saturated carbocycles. The number of hydrogen-bond donors (Lipinski definition) is 2. The third-order valence-corrected chi connectivity index (χ3v) is 4.63. The number of nitrogens with zero attached hydrogens (tertiary/aromatic N) is 1. The van der Waals surface area contributed by atoms with E-state index in [4.69, 9.17) is 4.74 Å². The van der Waals surface area contributed by atoms with Crippen LogP contribution >= 0.6 is 0 Å². The molecule has 2 N–H and O–H groups in total. The molecule has 1 fully saturated rings. The summed E-state index contributed by atoms with van der Waals surface area (Å²) in [6.45, 7) is 1.59. The van der Waals surface area contributed by atoms with Crippen molar-refractivity contribution in [2.24, 2.45) is 5.92 Å². The highest BCUT2D eigenvalue weighted by molar-refractivity contribution is 5.97. The molecule has 142 valence electrons. The zero-order valence-corrected chi connectivity index (χ0v) is 15.6. The third-order valence-electron chi connectivity index (χ3n) is 4.63. The predicted molar refractivity (Wildman–Crippen MR) is 99.1 cm³/mol. The van der Waals surface area contributed by atoms with Crippen molar-refractivity contribution in [1.82, 2.24) is 10.6 Å². The van der Waals surface area contributed by atoms with Gasteiger partial charge in [0.25, 0.3) is 5.91 Å². The van der Waals surface area contributed by atoms with Crippen molar-refractivity contribution in [3.63, 3.8) is 0 Å². The van der Waals surface area contributed by atoms with Gasteiger partial charge in [0.05, 0.1) is 5.56 Å². The second-order valence-corrected chi connectivity index (χ2v) is 6.91. The van der Waals surface area contributed by atoms with Crippen molar-refractivity contribution < 1.29 is 19.1 Å². The van der Waals surface area contributed by atoms with E-state index >= 15 is 0 Å². The average molecular weight is 361 g/mol. The summed E-state index contributed by atoms with van der Waals surface area (Å²) < 4.78 is 4.96. The van der Waals surface area contributed by atoms with Crippen LogP contribution in [0.1, 0.15) is 43.0 Å². The normalized spacial score (nSPS) is 19.3. The minimum absolute atomic E-state index is 0.0781. The van der Waals surface area contributed by atoms with Crippen molar-refractivity contribution in [3.05, 3.63) is 29.8 Å². The van der Waals surface area contributed by atoms with Crippen molar-refractivity contribution in [2.75, 3.05) is 25.6 Å². The van der Waals surface area contributed by atoms with Crippen LogP contribution in [0, 0.1) is 5.92 Å². The van der Waals surface area contributed by atoms with E-state index in [9.17, 15) is 14.4 Å². The maximum atomic E-state index is 12.0. The van der Waals surface area contributed by atoms with E-state index in [1.807, 2.05) is 19.0 Å². The zero-order chi connectivity index (χ0) is 19.1. The number of amides is 3. The number of carbonyl (C=O) groups is 3. The molecule has 1 aromatic rings. The summed E-state index contributed by atoms with van der Waals surface area (Å²) in [6, 6.07) is 6.37. The number of rotatable bonds is 5. The van der Waals surface area contributed by atoms with E-state index in [0.717, 1.165) is 24.9 Å². The first-order valence-electron chi connectivity index (χ1n) is 8.91. The maximum Gasteiger partial charge on any atom is 0.338 e. The molecule has 0 spiro atoms. The minimum Gasteiger partial charge on any atom is -0.452 e. The molecule has 26 heavy (non-hydrogen) atoms. The zero-order valence-electron chi connectivity index (χ0n) is 15.6. The second-order valence-electron chi connectivity index (χ2n) is 6.91. The van der Waals surface area contributed by atoms with E-state index in [1.165, 1.54) is 6.42 Å². The lowest BCUT2D eigenvalue weighted by Gasteiger charge is -2.29. The Labute approximate surface area is 154 Å². The summed E-state index contributed by atoms with van der Waals surface area (Å²) in [7, 11) is 3.80. The van der Waals surface area contributed by atoms with Gasteiger partial charge in [0.15, 0.2) is 6.61 Å². The summed E-state index contributed by atoms with van der Waals surface area (Å²) in [5.41, 5.74) is 1.30. The van der Waals surface area contributed by atoms with Crippen LogP contribution in [0.15, 0.2) is 24.3 Å². The van der Waals surface area contributed by atoms with Gasteiger partial charge in [-0.1, -0.05) is 19.8 Å². The molecule has 0 heterocycles. The van der Waals surface area contributed by atoms with E-state index in [-0.39, 0.29) is 6.04 Å². The van der Waals surface area contributed by atoms with E-state index in [2.05, 4.69) is 17.6 Å². The van der Waals surface area contributed by atoms with Gasteiger partial charge in [-0.3, -0.25) is 10.1 Å². The molecule has 1 aliphatic carbocycles. The highest BCUT2D eigenvalue weighted by atomic mass is 16.5. The molecule has 0 radical (unpaired) electrons. The SMILES string of the molecule is C[C@H]1CCCC[C@H]1NC(=O)NC(=O)COC(=O)c1ccc(N(C)C)cc1. The number of hydrogen-bond acceptors (Lipinski definition) is 5. The molecule has 0 aromatic heterocycles. The maximum absolute atomic E-state index is 12.0. The summed E-state index contributed by atoms with van der Waals surface area (Å²) in [4.78, 5) is 37.6. The Morgan fingerprint density at radius 1 is 1.12 bits per heavy atom. The lowest BCUT2D eigenvalue weighted by molar-refractivity contribution is -0.123. The van der Waals surface area contributed by atoms with Gasteiger partial charge in [-0.2, -0.15) is 0 Å². The third kappa shape index (κ3) is 5.75. The molecular weight excluding hydrogens is 334 g/mol. The number of urea groups is 1. The van der Waals surface area contributed by atoms with Crippen molar-refractivity contribution in [3.8, 4) is 0 Å². The molecular formula is C19H27N3O4. The summed E-state index contributed by atoms with van der Waals surface area (Å²) in [6.07, 6.45) is 4.24. The molecule has 2 atom stereocenters. The number of carbonyl (C=O) groups excluding carboxylic acids is 3. The topological polar surface area (TPSA) is 87.7 Å². The van der Waals surface area contributed by atoms with E-state index in [1.54, 1.807) is 24.3 Å². The number of imide groups is 1. The Bertz CT molecular complexity index is 643. The molecule has 1 aliphatic rings. The Morgan fingerprint density at radius 3 is 2.38 bits per heavy atom. The molecule has 0 unspecified atom stereocenters. The summed E-state index contributed by atoms with van der Waals surface area (Å²) >= 11 is 0. The van der Waals surface area contributed by atoms with Crippen LogP contribution in [0.3, 0.4) is 0 Å². The molecule has 7 heteroatoms. The van der Waals surface area contributed by atoms with Gasteiger partial charge in [0.1, 0.15) is 0 Å². The largest absolute Gasteiger partial charge is 0.452 e. The number of ether oxygens (including phenoxy) is 1.